The van der Waals surface area contributed by atoms with Crippen LogP contribution in [0.1, 0.15) is 16.8 Å². The van der Waals surface area contributed by atoms with Crippen LogP contribution < -0.4 is 10.6 Å². The van der Waals surface area contributed by atoms with Crippen LogP contribution in [-0.2, 0) is 0 Å². The largest absolute Gasteiger partial charge is 0.369 e. The van der Waals surface area contributed by atoms with Crippen LogP contribution in [0.2, 0.25) is 0 Å². The minimum absolute atomic E-state index is 0.387. The lowest BCUT2D eigenvalue weighted by Gasteiger charge is -2.24. The fourth-order valence-corrected chi connectivity index (χ4v) is 2.97. The van der Waals surface area contributed by atoms with E-state index in [1.807, 2.05) is 24.4 Å². The Morgan fingerprint density at radius 3 is 2.82 bits per heavy atom. The molecule has 0 spiro atoms. The maximum Gasteiger partial charge on any atom is 0.250 e. The Bertz CT molecular complexity index is 665. The lowest BCUT2D eigenvalue weighted by Crippen LogP contribution is -2.32. The molecule has 0 aliphatic carbocycles. The van der Waals surface area contributed by atoms with Gasteiger partial charge in [-0.15, -0.1) is 0 Å². The molecule has 1 saturated heterocycles. The summed E-state index contributed by atoms with van der Waals surface area (Å²) in [6.45, 7) is 1.83. The molecule has 0 bridgehead atoms. The van der Waals surface area contributed by atoms with Crippen molar-refractivity contribution in [3.63, 3.8) is 0 Å². The Morgan fingerprint density at radius 1 is 1.41 bits per heavy atom. The lowest BCUT2D eigenvalue weighted by atomic mass is 10.0. The molecule has 1 atom stereocenters. The molecule has 0 saturated carbocycles. The number of hydrogen-bond donors (Lipinski definition) is 2. The summed E-state index contributed by atoms with van der Waals surface area (Å²) in [4.78, 5) is 16.2. The molecule has 22 heavy (non-hydrogen) atoms. The van der Waals surface area contributed by atoms with Crippen LogP contribution in [0.3, 0.4) is 0 Å². The van der Waals surface area contributed by atoms with Gasteiger partial charge >= 0.3 is 0 Å². The van der Waals surface area contributed by atoms with Crippen molar-refractivity contribution in [2.24, 2.45) is 5.73 Å². The van der Waals surface area contributed by atoms with E-state index in [0.29, 0.717) is 11.6 Å². The van der Waals surface area contributed by atoms with Gasteiger partial charge in [0.25, 0.3) is 5.91 Å². The van der Waals surface area contributed by atoms with E-state index in [9.17, 15) is 4.79 Å². The molecule has 1 aromatic carbocycles. The Kier molecular flexibility index (Phi) is 3.85. The first-order valence-corrected chi connectivity index (χ1v) is 7.40. The molecule has 6 nitrogen and oxygen atoms in total. The van der Waals surface area contributed by atoms with Crippen molar-refractivity contribution in [3.05, 3.63) is 36.2 Å². The normalized spacial score (nSPS) is 18.1. The highest BCUT2D eigenvalue weighted by Crippen LogP contribution is 2.30. The summed E-state index contributed by atoms with van der Waals surface area (Å²) >= 11 is 0. The molecular formula is C16H21N5O. The molecule has 2 heterocycles. The maximum absolute atomic E-state index is 11.8. The minimum Gasteiger partial charge on any atom is -0.369 e. The zero-order chi connectivity index (χ0) is 15.7. The molecule has 1 aliphatic rings. The number of carbonyl (C=O) groups excluding carboxylic acids is 1. The minimum atomic E-state index is -0.387. The number of benzene rings is 1. The van der Waals surface area contributed by atoms with Crippen LogP contribution in [-0.4, -0.2) is 54.2 Å². The highest BCUT2D eigenvalue weighted by molar-refractivity contribution is 5.99. The first-order chi connectivity index (χ1) is 10.6. The van der Waals surface area contributed by atoms with Crippen molar-refractivity contribution >= 4 is 11.6 Å². The van der Waals surface area contributed by atoms with E-state index in [1.54, 1.807) is 6.20 Å². The predicted molar refractivity (Wildman–Crippen MR) is 86.8 cm³/mol. The average Bonchev–Trinajstić information content (AvgIpc) is 3.18. The Balaban J connectivity index is 1.97. The zero-order valence-electron chi connectivity index (χ0n) is 12.9. The number of hydrogen-bond acceptors (Lipinski definition) is 4. The molecule has 0 radical (unpaired) electrons. The molecule has 1 unspecified atom stereocenters. The molecule has 3 rings (SSSR count). The molecule has 116 valence electrons. The van der Waals surface area contributed by atoms with Crippen molar-refractivity contribution in [3.8, 4) is 11.1 Å². The first-order valence-electron chi connectivity index (χ1n) is 7.40. The lowest BCUT2D eigenvalue weighted by molar-refractivity contribution is 0.100. The molecule has 6 heteroatoms. The summed E-state index contributed by atoms with van der Waals surface area (Å²) in [6, 6.07) is 6.25. The van der Waals surface area contributed by atoms with E-state index >= 15 is 0 Å². The van der Waals surface area contributed by atoms with Gasteiger partial charge < -0.3 is 15.5 Å². The third-order valence-corrected chi connectivity index (χ3v) is 4.33. The summed E-state index contributed by atoms with van der Waals surface area (Å²) in [6.07, 6.45) is 4.70. The Hall–Kier alpha value is -2.34. The smallest absolute Gasteiger partial charge is 0.250 e. The number of rotatable bonds is 4. The highest BCUT2D eigenvalue weighted by Gasteiger charge is 2.26. The quantitative estimate of drug-likeness (QED) is 0.892. The fourth-order valence-electron chi connectivity index (χ4n) is 2.97. The number of amides is 1. The number of nitrogens with two attached hydrogens (primary N) is 1. The summed E-state index contributed by atoms with van der Waals surface area (Å²) < 4.78 is 0. The van der Waals surface area contributed by atoms with Gasteiger partial charge in [-0.25, -0.2) is 0 Å². The van der Waals surface area contributed by atoms with Crippen LogP contribution >= 0.6 is 0 Å². The van der Waals surface area contributed by atoms with Crippen molar-refractivity contribution in [1.29, 1.82) is 0 Å². The Labute approximate surface area is 129 Å². The van der Waals surface area contributed by atoms with Gasteiger partial charge in [-0.2, -0.15) is 5.10 Å². The third-order valence-electron chi connectivity index (χ3n) is 4.33. The number of anilines is 1. The van der Waals surface area contributed by atoms with Crippen LogP contribution in [0.5, 0.6) is 0 Å². The first kappa shape index (κ1) is 14.6. The fraction of sp³-hybridized carbons (Fsp3) is 0.375. The van der Waals surface area contributed by atoms with Gasteiger partial charge in [0.2, 0.25) is 0 Å². The van der Waals surface area contributed by atoms with Crippen LogP contribution in [0.25, 0.3) is 11.1 Å². The highest BCUT2D eigenvalue weighted by atomic mass is 16.1. The van der Waals surface area contributed by atoms with Crippen molar-refractivity contribution in [2.45, 2.75) is 12.5 Å². The van der Waals surface area contributed by atoms with Crippen LogP contribution in [0.4, 0.5) is 5.69 Å². The molecule has 1 fully saturated rings. The molecule has 1 aromatic heterocycles. The topological polar surface area (TPSA) is 78.2 Å². The molecule has 1 amide bonds. The van der Waals surface area contributed by atoms with Gasteiger partial charge in [0.05, 0.1) is 17.4 Å². The third kappa shape index (κ3) is 2.69. The second-order valence-electron chi connectivity index (χ2n) is 5.94. The number of H-pyrrole nitrogens is 1. The summed E-state index contributed by atoms with van der Waals surface area (Å²) in [7, 11) is 4.18. The second-order valence-corrected chi connectivity index (χ2v) is 5.94. The van der Waals surface area contributed by atoms with E-state index in [4.69, 9.17) is 5.73 Å². The van der Waals surface area contributed by atoms with E-state index in [1.165, 1.54) is 0 Å². The van der Waals surface area contributed by atoms with Crippen molar-refractivity contribution < 1.29 is 4.79 Å². The SMILES string of the molecule is CN(C)C1CCN(c2cc(-c3cn[nH]c3)ccc2C(N)=O)C1. The number of nitrogens with one attached hydrogen (secondary N) is 1. The van der Waals surface area contributed by atoms with E-state index in [2.05, 4.69) is 34.1 Å². The van der Waals surface area contributed by atoms with Crippen molar-refractivity contribution in [2.75, 3.05) is 32.1 Å². The average molecular weight is 299 g/mol. The number of primary amides is 1. The van der Waals surface area contributed by atoms with E-state index in [-0.39, 0.29) is 5.91 Å². The zero-order valence-corrected chi connectivity index (χ0v) is 12.9. The van der Waals surface area contributed by atoms with Gasteiger partial charge in [0.1, 0.15) is 0 Å². The molecule has 1 aliphatic heterocycles. The number of likely N-dealkylation sites (N-methyl/N-ethyl adjacent to an activating group) is 1. The summed E-state index contributed by atoms with van der Waals surface area (Å²) in [5.41, 5.74) is 9.07. The Morgan fingerprint density at radius 2 is 2.23 bits per heavy atom. The predicted octanol–water partition coefficient (Wildman–Crippen LogP) is 1.32. The van der Waals surface area contributed by atoms with Gasteiger partial charge in [0, 0.05) is 30.9 Å². The standard InChI is InChI=1S/C16H21N5O/c1-20(2)13-5-6-21(10-13)15-7-11(12-8-18-19-9-12)3-4-14(15)16(17)22/h3-4,7-9,13H,5-6,10H2,1-2H3,(H2,17,22)(H,18,19). The van der Waals surface area contributed by atoms with Crippen molar-refractivity contribution in [1.82, 2.24) is 15.1 Å². The second kappa shape index (κ2) is 5.81. The number of carbonyl (C=O) groups is 1. The number of aromatic amines is 1. The maximum atomic E-state index is 11.8. The summed E-state index contributed by atoms with van der Waals surface area (Å²) in [5.74, 6) is -0.387. The van der Waals surface area contributed by atoms with Gasteiger partial charge in [-0.05, 0) is 38.2 Å². The number of aromatic nitrogens is 2. The molecular weight excluding hydrogens is 278 g/mol. The van der Waals surface area contributed by atoms with E-state index < -0.39 is 0 Å². The van der Waals surface area contributed by atoms with Crippen LogP contribution in [0.15, 0.2) is 30.6 Å². The van der Waals surface area contributed by atoms with E-state index in [0.717, 1.165) is 36.3 Å². The molecule has 3 N–H and O–H groups in total. The summed E-state index contributed by atoms with van der Waals surface area (Å²) in [5, 5.41) is 6.80. The molecule has 2 aromatic rings. The number of nitrogens with zero attached hydrogens (tertiary/aromatic N) is 3. The van der Waals surface area contributed by atoms with Gasteiger partial charge in [0.15, 0.2) is 0 Å². The van der Waals surface area contributed by atoms with Gasteiger partial charge in [-0.1, -0.05) is 6.07 Å². The van der Waals surface area contributed by atoms with Gasteiger partial charge in [-0.3, -0.25) is 9.89 Å². The van der Waals surface area contributed by atoms with Crippen LogP contribution in [0, 0.1) is 0 Å². The monoisotopic (exact) mass is 299 g/mol.